The summed E-state index contributed by atoms with van der Waals surface area (Å²) in [6.07, 6.45) is 7.77. The number of amides is 1. The van der Waals surface area contributed by atoms with E-state index in [0.29, 0.717) is 24.2 Å². The van der Waals surface area contributed by atoms with Crippen molar-refractivity contribution in [3.05, 3.63) is 18.0 Å². The van der Waals surface area contributed by atoms with Gasteiger partial charge in [-0.15, -0.1) is 0 Å². The van der Waals surface area contributed by atoms with Crippen LogP contribution in [0, 0.1) is 5.92 Å². The number of aromatic amines is 1. The van der Waals surface area contributed by atoms with E-state index in [9.17, 15) is 4.79 Å². The van der Waals surface area contributed by atoms with E-state index in [4.69, 9.17) is 5.73 Å². The van der Waals surface area contributed by atoms with Crippen molar-refractivity contribution in [3.8, 4) is 0 Å². The predicted molar refractivity (Wildman–Crippen MR) is 83.8 cm³/mol. The molecule has 2 heterocycles. The number of nitrogens with zero attached hydrogens (tertiary/aromatic N) is 2. The van der Waals surface area contributed by atoms with E-state index in [0.717, 1.165) is 57.4 Å². The van der Waals surface area contributed by atoms with E-state index < -0.39 is 0 Å². The summed E-state index contributed by atoms with van der Waals surface area (Å²) in [6.45, 7) is 4.63. The molecule has 0 spiro atoms. The van der Waals surface area contributed by atoms with E-state index in [1.807, 2.05) is 11.0 Å². The first-order valence-electron chi connectivity index (χ1n) is 8.21. The van der Waals surface area contributed by atoms with Crippen LogP contribution >= 0.6 is 0 Å². The average molecular weight is 292 g/mol. The highest BCUT2D eigenvalue weighted by Gasteiger charge is 2.25. The fraction of sp³-hybridized carbons (Fsp3) is 0.750. The summed E-state index contributed by atoms with van der Waals surface area (Å²) in [5.74, 6) is 1.30. The maximum Gasteiger partial charge on any atom is 0.222 e. The van der Waals surface area contributed by atoms with Crippen LogP contribution < -0.4 is 5.73 Å². The van der Waals surface area contributed by atoms with Crippen LogP contribution in [0.15, 0.2) is 12.3 Å². The first-order chi connectivity index (χ1) is 10.2. The largest absolute Gasteiger partial charge is 0.342 e. The number of H-pyrrole nitrogens is 1. The Morgan fingerprint density at radius 2 is 2.43 bits per heavy atom. The van der Waals surface area contributed by atoms with Gasteiger partial charge in [-0.1, -0.05) is 13.3 Å². The van der Waals surface area contributed by atoms with Crippen LogP contribution in [0.4, 0.5) is 0 Å². The lowest BCUT2D eigenvalue weighted by Gasteiger charge is -2.32. The first-order valence-corrected chi connectivity index (χ1v) is 8.21. The number of piperidine rings is 1. The zero-order valence-corrected chi connectivity index (χ0v) is 13.1. The van der Waals surface area contributed by atoms with Crippen molar-refractivity contribution in [1.29, 1.82) is 0 Å². The molecular formula is C16H28N4O. The highest BCUT2D eigenvalue weighted by molar-refractivity contribution is 5.76. The lowest BCUT2D eigenvalue weighted by Crippen LogP contribution is -2.39. The van der Waals surface area contributed by atoms with Crippen molar-refractivity contribution in [3.63, 3.8) is 0 Å². The zero-order valence-electron chi connectivity index (χ0n) is 13.1. The Balaban J connectivity index is 1.82. The van der Waals surface area contributed by atoms with Crippen LogP contribution in [0.3, 0.4) is 0 Å². The number of aromatic nitrogens is 2. The van der Waals surface area contributed by atoms with Gasteiger partial charge in [0.1, 0.15) is 0 Å². The summed E-state index contributed by atoms with van der Waals surface area (Å²) < 4.78 is 0. The van der Waals surface area contributed by atoms with E-state index in [2.05, 4.69) is 17.1 Å². The van der Waals surface area contributed by atoms with Crippen molar-refractivity contribution in [2.75, 3.05) is 19.6 Å². The molecule has 2 atom stereocenters. The fourth-order valence-electron chi connectivity index (χ4n) is 3.23. The molecule has 0 aliphatic carbocycles. The van der Waals surface area contributed by atoms with Gasteiger partial charge in [-0.2, -0.15) is 5.10 Å². The van der Waals surface area contributed by atoms with Crippen molar-refractivity contribution in [2.45, 2.75) is 51.4 Å². The predicted octanol–water partition coefficient (Wildman–Crippen LogP) is 2.27. The molecule has 1 aromatic rings. The molecule has 0 aromatic carbocycles. The van der Waals surface area contributed by atoms with Gasteiger partial charge in [-0.25, -0.2) is 0 Å². The highest BCUT2D eigenvalue weighted by Crippen LogP contribution is 2.26. The average Bonchev–Trinajstić information content (AvgIpc) is 3.05. The quantitative estimate of drug-likeness (QED) is 0.809. The Hall–Kier alpha value is -1.36. The van der Waals surface area contributed by atoms with Crippen molar-refractivity contribution in [2.24, 2.45) is 11.7 Å². The third kappa shape index (κ3) is 4.56. The fourth-order valence-corrected chi connectivity index (χ4v) is 3.23. The Kier molecular flexibility index (Phi) is 6.23. The number of rotatable bonds is 7. The molecule has 0 radical (unpaired) electrons. The molecule has 0 saturated carbocycles. The molecule has 1 saturated heterocycles. The molecule has 5 nitrogen and oxygen atoms in total. The van der Waals surface area contributed by atoms with Gasteiger partial charge >= 0.3 is 0 Å². The Morgan fingerprint density at radius 3 is 3.10 bits per heavy atom. The molecule has 1 amide bonds. The molecule has 2 unspecified atom stereocenters. The van der Waals surface area contributed by atoms with Crippen molar-refractivity contribution >= 4 is 5.91 Å². The van der Waals surface area contributed by atoms with Gasteiger partial charge in [0, 0.05) is 37.3 Å². The summed E-state index contributed by atoms with van der Waals surface area (Å²) >= 11 is 0. The molecule has 3 N–H and O–H groups in total. The lowest BCUT2D eigenvalue weighted by atomic mass is 9.93. The van der Waals surface area contributed by atoms with Gasteiger partial charge in [0.05, 0.1) is 0 Å². The smallest absolute Gasteiger partial charge is 0.222 e. The topological polar surface area (TPSA) is 75.0 Å². The van der Waals surface area contributed by atoms with Gasteiger partial charge in [0.2, 0.25) is 5.91 Å². The molecule has 1 aliphatic rings. The van der Waals surface area contributed by atoms with Gasteiger partial charge in [-0.3, -0.25) is 9.89 Å². The summed E-state index contributed by atoms with van der Waals surface area (Å²) in [4.78, 5) is 14.4. The molecule has 118 valence electrons. The van der Waals surface area contributed by atoms with Crippen LogP contribution in [0.25, 0.3) is 0 Å². The number of carbonyl (C=O) groups is 1. The summed E-state index contributed by atoms with van der Waals surface area (Å²) in [7, 11) is 0. The normalized spacial score (nSPS) is 20.5. The summed E-state index contributed by atoms with van der Waals surface area (Å²) in [5.41, 5.74) is 6.78. The van der Waals surface area contributed by atoms with Gasteiger partial charge < -0.3 is 10.6 Å². The Bertz CT molecular complexity index is 418. The molecule has 0 bridgehead atoms. The van der Waals surface area contributed by atoms with E-state index in [1.54, 1.807) is 6.20 Å². The zero-order chi connectivity index (χ0) is 15.1. The van der Waals surface area contributed by atoms with Crippen LogP contribution in [-0.4, -0.2) is 40.6 Å². The van der Waals surface area contributed by atoms with Crippen LogP contribution in [-0.2, 0) is 4.79 Å². The SMILES string of the molecule is CCC(CCN)CCC(=O)N1CCCC(c2ccn[nH]2)C1. The molecule has 21 heavy (non-hydrogen) atoms. The third-order valence-electron chi connectivity index (χ3n) is 4.65. The second kappa shape index (κ2) is 8.17. The summed E-state index contributed by atoms with van der Waals surface area (Å²) in [6, 6.07) is 2.02. The Labute approximate surface area is 127 Å². The van der Waals surface area contributed by atoms with E-state index in [1.165, 1.54) is 0 Å². The van der Waals surface area contributed by atoms with Crippen LogP contribution in [0.2, 0.25) is 0 Å². The van der Waals surface area contributed by atoms with E-state index in [-0.39, 0.29) is 0 Å². The number of hydrogen-bond donors (Lipinski definition) is 2. The monoisotopic (exact) mass is 292 g/mol. The number of nitrogens with two attached hydrogens (primary N) is 1. The van der Waals surface area contributed by atoms with Gasteiger partial charge in [0.15, 0.2) is 0 Å². The van der Waals surface area contributed by atoms with Gasteiger partial charge in [-0.05, 0) is 44.2 Å². The summed E-state index contributed by atoms with van der Waals surface area (Å²) in [5, 5.41) is 7.06. The molecule has 2 rings (SSSR count). The second-order valence-corrected chi connectivity index (χ2v) is 6.08. The second-order valence-electron chi connectivity index (χ2n) is 6.08. The van der Waals surface area contributed by atoms with Crippen LogP contribution in [0.1, 0.15) is 57.1 Å². The minimum atomic E-state index is 0.301. The lowest BCUT2D eigenvalue weighted by molar-refractivity contribution is -0.132. The van der Waals surface area contributed by atoms with Crippen molar-refractivity contribution in [1.82, 2.24) is 15.1 Å². The minimum absolute atomic E-state index is 0.301. The Morgan fingerprint density at radius 1 is 1.57 bits per heavy atom. The molecule has 5 heteroatoms. The number of likely N-dealkylation sites (tertiary alicyclic amines) is 1. The minimum Gasteiger partial charge on any atom is -0.342 e. The molecule has 1 aliphatic heterocycles. The van der Waals surface area contributed by atoms with Gasteiger partial charge in [0.25, 0.3) is 0 Å². The highest BCUT2D eigenvalue weighted by atomic mass is 16.2. The number of nitrogens with one attached hydrogen (secondary N) is 1. The van der Waals surface area contributed by atoms with Crippen molar-refractivity contribution < 1.29 is 4.79 Å². The standard InChI is InChI=1S/C16H28N4O/c1-2-13(7-9-17)5-6-16(21)20-11-3-4-14(12-20)15-8-10-18-19-15/h8,10,13-14H,2-7,9,11-12,17H2,1H3,(H,18,19). The molecule has 1 aromatic heterocycles. The first kappa shape index (κ1) is 16.0. The molecular weight excluding hydrogens is 264 g/mol. The number of hydrogen-bond acceptors (Lipinski definition) is 3. The van der Waals surface area contributed by atoms with Crippen LogP contribution in [0.5, 0.6) is 0 Å². The van der Waals surface area contributed by atoms with E-state index >= 15 is 0 Å². The third-order valence-corrected chi connectivity index (χ3v) is 4.65. The maximum absolute atomic E-state index is 12.4. The molecule has 1 fully saturated rings. The maximum atomic E-state index is 12.4. The number of carbonyl (C=O) groups excluding carboxylic acids is 1.